The van der Waals surface area contributed by atoms with Crippen molar-refractivity contribution in [3.63, 3.8) is 0 Å². The first-order valence-corrected chi connectivity index (χ1v) is 8.26. The topological polar surface area (TPSA) is 126 Å². The highest BCUT2D eigenvalue weighted by molar-refractivity contribution is 5.81. The van der Waals surface area contributed by atoms with Crippen molar-refractivity contribution in [1.29, 1.82) is 5.26 Å². The molecule has 0 bridgehead atoms. The zero-order chi connectivity index (χ0) is 19.1. The van der Waals surface area contributed by atoms with E-state index in [0.717, 1.165) is 17.7 Å². The van der Waals surface area contributed by atoms with Crippen LogP contribution in [0.5, 0.6) is 0 Å². The van der Waals surface area contributed by atoms with Gasteiger partial charge in [0.25, 0.3) is 5.69 Å². The van der Waals surface area contributed by atoms with E-state index in [-0.39, 0.29) is 18.2 Å². The first-order chi connectivity index (χ1) is 12.4. The molecule has 2 amide bonds. The highest BCUT2D eigenvalue weighted by Crippen LogP contribution is 2.26. The summed E-state index contributed by atoms with van der Waals surface area (Å²) in [4.78, 5) is 35.5. The fourth-order valence-electron chi connectivity index (χ4n) is 3.00. The van der Waals surface area contributed by atoms with Crippen LogP contribution in [-0.4, -0.2) is 34.9 Å². The smallest absolute Gasteiger partial charge is 0.407 e. The van der Waals surface area contributed by atoms with E-state index in [4.69, 9.17) is 10.00 Å². The molecule has 9 nitrogen and oxygen atoms in total. The van der Waals surface area contributed by atoms with Crippen molar-refractivity contribution in [3.8, 4) is 6.19 Å². The van der Waals surface area contributed by atoms with E-state index in [1.54, 1.807) is 12.3 Å². The van der Waals surface area contributed by atoms with Gasteiger partial charge in [-0.2, -0.15) is 5.26 Å². The number of ether oxygens (including phenoxy) is 1. The zero-order valence-corrected chi connectivity index (χ0v) is 14.4. The summed E-state index contributed by atoms with van der Waals surface area (Å²) in [5.41, 5.74) is 0.416. The van der Waals surface area contributed by atoms with Crippen molar-refractivity contribution >= 4 is 17.7 Å². The lowest BCUT2D eigenvalue weighted by atomic mass is 9.83. The summed E-state index contributed by atoms with van der Waals surface area (Å²) in [6.07, 6.45) is 4.04. The summed E-state index contributed by atoms with van der Waals surface area (Å²) in [7, 11) is 1.40. The van der Waals surface area contributed by atoms with Gasteiger partial charge in [-0.25, -0.2) is 4.79 Å². The number of nitrogens with zero attached hydrogens (tertiary/aromatic N) is 3. The van der Waals surface area contributed by atoms with E-state index >= 15 is 0 Å². The van der Waals surface area contributed by atoms with Crippen LogP contribution >= 0.6 is 0 Å². The molecule has 9 heteroatoms. The number of non-ortho nitro benzene ring substituents is 1. The fourth-order valence-corrected chi connectivity index (χ4v) is 3.00. The number of hydrogen-bond acceptors (Lipinski definition) is 6. The Morgan fingerprint density at radius 3 is 2.85 bits per heavy atom. The molecule has 1 aliphatic rings. The van der Waals surface area contributed by atoms with Gasteiger partial charge in [0.2, 0.25) is 5.91 Å². The first-order valence-electron chi connectivity index (χ1n) is 8.26. The number of carbonyl (C=O) groups is 2. The number of rotatable bonds is 5. The van der Waals surface area contributed by atoms with Gasteiger partial charge in [0.05, 0.1) is 10.8 Å². The second-order valence-corrected chi connectivity index (χ2v) is 6.14. The maximum atomic E-state index is 12.2. The monoisotopic (exact) mass is 360 g/mol. The highest BCUT2D eigenvalue weighted by atomic mass is 16.6. The van der Waals surface area contributed by atoms with Crippen molar-refractivity contribution in [2.45, 2.75) is 38.3 Å². The molecule has 2 rings (SSSR count). The van der Waals surface area contributed by atoms with Crippen molar-refractivity contribution in [2.24, 2.45) is 5.92 Å². The van der Waals surface area contributed by atoms with Gasteiger partial charge in [0.1, 0.15) is 6.61 Å². The molecule has 1 aliphatic carbocycles. The molecule has 2 atom stereocenters. The molecule has 1 fully saturated rings. The number of nitriles is 1. The summed E-state index contributed by atoms with van der Waals surface area (Å²) < 4.78 is 5.12. The molecule has 1 aromatic carbocycles. The molecule has 0 aliphatic heterocycles. The SMILES string of the molecule is CN(C#N)C(=O)C1CCCCC1NC(=O)OCc1cccc([N+](=O)[O-])c1. The minimum atomic E-state index is -0.694. The minimum absolute atomic E-state index is 0.0796. The van der Waals surface area contributed by atoms with Crippen LogP contribution in [0.3, 0.4) is 0 Å². The van der Waals surface area contributed by atoms with Crippen molar-refractivity contribution in [1.82, 2.24) is 10.2 Å². The molecule has 0 aromatic heterocycles. The van der Waals surface area contributed by atoms with Crippen molar-refractivity contribution in [2.75, 3.05) is 7.05 Å². The minimum Gasteiger partial charge on any atom is -0.445 e. The van der Waals surface area contributed by atoms with Crippen molar-refractivity contribution in [3.05, 3.63) is 39.9 Å². The highest BCUT2D eigenvalue weighted by Gasteiger charge is 2.34. The average molecular weight is 360 g/mol. The molecule has 0 heterocycles. The molecule has 26 heavy (non-hydrogen) atoms. The number of nitro groups is 1. The van der Waals surface area contributed by atoms with Gasteiger partial charge in [-0.15, -0.1) is 0 Å². The lowest BCUT2D eigenvalue weighted by Crippen LogP contribution is -2.48. The van der Waals surface area contributed by atoms with Crippen LogP contribution in [0.25, 0.3) is 0 Å². The van der Waals surface area contributed by atoms with E-state index in [1.807, 2.05) is 0 Å². The fraction of sp³-hybridized carbons (Fsp3) is 0.471. The van der Waals surface area contributed by atoms with Crippen LogP contribution in [0.1, 0.15) is 31.2 Å². The Labute approximate surface area is 150 Å². The van der Waals surface area contributed by atoms with Gasteiger partial charge in [0.15, 0.2) is 6.19 Å². The van der Waals surface area contributed by atoms with Crippen LogP contribution in [0.2, 0.25) is 0 Å². The third-order valence-electron chi connectivity index (χ3n) is 4.36. The summed E-state index contributed by atoms with van der Waals surface area (Å²) in [5, 5.41) is 22.3. The summed E-state index contributed by atoms with van der Waals surface area (Å²) in [5.74, 6) is -0.782. The number of amides is 2. The van der Waals surface area contributed by atoms with Crippen LogP contribution in [-0.2, 0) is 16.1 Å². The van der Waals surface area contributed by atoms with Gasteiger partial charge in [0, 0.05) is 25.2 Å². The molecular weight excluding hydrogens is 340 g/mol. The number of nitrogens with one attached hydrogen (secondary N) is 1. The number of nitro benzene ring substituents is 1. The van der Waals surface area contributed by atoms with Crippen LogP contribution in [0.4, 0.5) is 10.5 Å². The Bertz CT molecular complexity index is 730. The lowest BCUT2D eigenvalue weighted by molar-refractivity contribution is -0.384. The van der Waals surface area contributed by atoms with Crippen LogP contribution in [0.15, 0.2) is 24.3 Å². The molecule has 0 spiro atoms. The van der Waals surface area contributed by atoms with Crippen molar-refractivity contribution < 1.29 is 19.2 Å². The van der Waals surface area contributed by atoms with Gasteiger partial charge < -0.3 is 10.1 Å². The summed E-state index contributed by atoms with van der Waals surface area (Å²) in [6, 6.07) is 5.43. The van der Waals surface area contributed by atoms with Crippen LogP contribution in [0, 0.1) is 27.5 Å². The second kappa shape index (κ2) is 8.80. The average Bonchev–Trinajstić information content (AvgIpc) is 2.65. The molecule has 0 radical (unpaired) electrons. The predicted octanol–water partition coefficient (Wildman–Crippen LogP) is 2.32. The molecule has 138 valence electrons. The second-order valence-electron chi connectivity index (χ2n) is 6.14. The number of hydrogen-bond donors (Lipinski definition) is 1. The third kappa shape index (κ3) is 4.92. The number of alkyl carbamates (subject to hydrolysis) is 1. The molecule has 1 N–H and O–H groups in total. The lowest BCUT2D eigenvalue weighted by Gasteiger charge is -2.31. The molecule has 2 unspecified atom stereocenters. The van der Waals surface area contributed by atoms with E-state index in [2.05, 4.69) is 5.32 Å². The maximum absolute atomic E-state index is 12.2. The van der Waals surface area contributed by atoms with Gasteiger partial charge >= 0.3 is 6.09 Å². The number of benzene rings is 1. The zero-order valence-electron chi connectivity index (χ0n) is 14.4. The quantitative estimate of drug-likeness (QED) is 0.372. The molecular formula is C17H20N4O5. The maximum Gasteiger partial charge on any atom is 0.407 e. The van der Waals surface area contributed by atoms with E-state index in [9.17, 15) is 19.7 Å². The van der Waals surface area contributed by atoms with Crippen LogP contribution < -0.4 is 5.32 Å². The molecule has 0 saturated heterocycles. The summed E-state index contributed by atoms with van der Waals surface area (Å²) >= 11 is 0. The molecule has 1 aromatic rings. The Morgan fingerprint density at radius 2 is 2.15 bits per heavy atom. The largest absolute Gasteiger partial charge is 0.445 e. The third-order valence-corrected chi connectivity index (χ3v) is 4.36. The Balaban J connectivity index is 1.93. The Morgan fingerprint density at radius 1 is 1.42 bits per heavy atom. The molecule has 1 saturated carbocycles. The van der Waals surface area contributed by atoms with Gasteiger partial charge in [-0.1, -0.05) is 25.0 Å². The standard InChI is InChI=1S/C17H20N4O5/c1-20(11-18)16(22)14-7-2-3-8-15(14)19-17(23)26-10-12-5-4-6-13(9-12)21(24)25/h4-6,9,14-15H,2-3,7-8,10H2,1H3,(H,19,23). The predicted molar refractivity (Wildman–Crippen MR) is 90.5 cm³/mol. The summed E-state index contributed by atoms with van der Waals surface area (Å²) in [6.45, 7) is -0.114. The van der Waals surface area contributed by atoms with Gasteiger partial charge in [-0.3, -0.25) is 19.8 Å². The first kappa shape index (κ1) is 19.2. The van der Waals surface area contributed by atoms with E-state index in [0.29, 0.717) is 18.4 Å². The van der Waals surface area contributed by atoms with E-state index in [1.165, 1.54) is 25.2 Å². The number of carbonyl (C=O) groups excluding carboxylic acids is 2. The Kier molecular flexibility index (Phi) is 6.49. The van der Waals surface area contributed by atoms with Gasteiger partial charge in [-0.05, 0) is 18.4 Å². The Hall–Kier alpha value is -3.15. The van der Waals surface area contributed by atoms with E-state index < -0.39 is 23.0 Å². The normalized spacial score (nSPS) is 19.1.